The second-order valence-corrected chi connectivity index (χ2v) is 7.70. The quantitative estimate of drug-likeness (QED) is 0.914. The molecule has 130 valence electrons. The summed E-state index contributed by atoms with van der Waals surface area (Å²) in [6.07, 6.45) is 2.24. The van der Waals surface area contributed by atoms with E-state index in [1.807, 2.05) is 0 Å². The fraction of sp³-hybridized carbons (Fsp3) is 0.750. The molecule has 0 bridgehead atoms. The predicted molar refractivity (Wildman–Crippen MR) is 85.3 cm³/mol. The van der Waals surface area contributed by atoms with E-state index in [2.05, 4.69) is 51.0 Å². The SMILES string of the molecule is CC(C)(C)c1n[nH]c([C@@H]2CN(Cc3nnc(C4CC4)o3)CCO2)n1. The van der Waals surface area contributed by atoms with Gasteiger partial charge in [0.15, 0.2) is 11.6 Å². The molecule has 4 rings (SSSR count). The molecule has 0 spiro atoms. The van der Waals surface area contributed by atoms with Gasteiger partial charge in [0.05, 0.1) is 13.2 Å². The van der Waals surface area contributed by atoms with Crippen LogP contribution in [0.1, 0.15) is 69.1 Å². The number of hydrogen-bond donors (Lipinski definition) is 1. The van der Waals surface area contributed by atoms with Crippen LogP contribution in [0.4, 0.5) is 0 Å². The zero-order chi connectivity index (χ0) is 16.7. The number of rotatable bonds is 4. The second-order valence-electron chi connectivity index (χ2n) is 7.70. The number of morpholine rings is 1. The van der Waals surface area contributed by atoms with E-state index >= 15 is 0 Å². The van der Waals surface area contributed by atoms with Crippen molar-refractivity contribution in [2.24, 2.45) is 0 Å². The minimum Gasteiger partial charge on any atom is -0.424 e. The van der Waals surface area contributed by atoms with Gasteiger partial charge in [0.25, 0.3) is 0 Å². The number of aromatic amines is 1. The number of H-pyrrole nitrogens is 1. The Morgan fingerprint density at radius 3 is 2.79 bits per heavy atom. The van der Waals surface area contributed by atoms with Crippen molar-refractivity contribution in [3.63, 3.8) is 0 Å². The lowest BCUT2D eigenvalue weighted by molar-refractivity contribution is -0.0393. The van der Waals surface area contributed by atoms with E-state index in [0.717, 1.165) is 30.6 Å². The molecule has 1 saturated heterocycles. The summed E-state index contributed by atoms with van der Waals surface area (Å²) in [7, 11) is 0. The minimum absolute atomic E-state index is 0.0773. The lowest BCUT2D eigenvalue weighted by atomic mass is 9.96. The zero-order valence-corrected chi connectivity index (χ0v) is 14.4. The molecule has 2 aromatic heterocycles. The second kappa shape index (κ2) is 5.93. The lowest BCUT2D eigenvalue weighted by Gasteiger charge is -2.30. The Morgan fingerprint density at radius 1 is 1.25 bits per heavy atom. The predicted octanol–water partition coefficient (Wildman–Crippen LogP) is 1.94. The van der Waals surface area contributed by atoms with Gasteiger partial charge >= 0.3 is 0 Å². The van der Waals surface area contributed by atoms with Gasteiger partial charge in [-0.1, -0.05) is 20.8 Å². The van der Waals surface area contributed by atoms with Gasteiger partial charge in [-0.25, -0.2) is 4.98 Å². The molecule has 1 N–H and O–H groups in total. The summed E-state index contributed by atoms with van der Waals surface area (Å²) in [5.74, 6) is 3.57. The Balaban J connectivity index is 1.40. The maximum Gasteiger partial charge on any atom is 0.230 e. The fourth-order valence-corrected chi connectivity index (χ4v) is 2.78. The van der Waals surface area contributed by atoms with Crippen LogP contribution in [0.15, 0.2) is 4.42 Å². The standard InChI is InChI=1S/C16H24N6O2/c1-16(2,3)15-17-13(19-21-15)11-8-22(6-7-23-11)9-12-18-20-14(24-12)10-4-5-10/h10-11H,4-9H2,1-3H3,(H,17,19,21)/t11-/m0/s1. The molecule has 1 atom stereocenters. The molecule has 24 heavy (non-hydrogen) atoms. The molecule has 1 aliphatic heterocycles. The molecule has 8 nitrogen and oxygen atoms in total. The van der Waals surface area contributed by atoms with Gasteiger partial charge in [0, 0.05) is 24.4 Å². The molecule has 0 amide bonds. The van der Waals surface area contributed by atoms with Gasteiger partial charge in [-0.15, -0.1) is 10.2 Å². The molecule has 1 saturated carbocycles. The number of ether oxygens (including phenoxy) is 1. The first-order chi connectivity index (χ1) is 11.5. The van der Waals surface area contributed by atoms with Crippen molar-refractivity contribution in [2.45, 2.75) is 57.6 Å². The average molecular weight is 332 g/mol. The third-order valence-electron chi connectivity index (χ3n) is 4.40. The van der Waals surface area contributed by atoms with Gasteiger partial charge < -0.3 is 9.15 Å². The number of aromatic nitrogens is 5. The Labute approximate surface area is 141 Å². The Bertz CT molecular complexity index is 699. The van der Waals surface area contributed by atoms with Crippen LogP contribution >= 0.6 is 0 Å². The van der Waals surface area contributed by atoms with Crippen molar-refractivity contribution in [1.29, 1.82) is 0 Å². The van der Waals surface area contributed by atoms with Crippen LogP contribution in [-0.2, 0) is 16.7 Å². The van der Waals surface area contributed by atoms with Gasteiger partial charge in [-0.3, -0.25) is 10.00 Å². The zero-order valence-electron chi connectivity index (χ0n) is 14.4. The molecule has 3 heterocycles. The topological polar surface area (TPSA) is 93.0 Å². The summed E-state index contributed by atoms with van der Waals surface area (Å²) >= 11 is 0. The Morgan fingerprint density at radius 2 is 2.08 bits per heavy atom. The molecule has 2 fully saturated rings. The lowest BCUT2D eigenvalue weighted by Crippen LogP contribution is -2.38. The molecule has 1 aliphatic carbocycles. The molecular formula is C16H24N6O2. The van der Waals surface area contributed by atoms with E-state index < -0.39 is 0 Å². The maximum absolute atomic E-state index is 5.87. The van der Waals surface area contributed by atoms with E-state index in [1.54, 1.807) is 0 Å². The van der Waals surface area contributed by atoms with Gasteiger partial charge in [0.1, 0.15) is 6.10 Å². The molecular weight excluding hydrogens is 308 g/mol. The van der Waals surface area contributed by atoms with Crippen molar-refractivity contribution in [1.82, 2.24) is 30.3 Å². The summed E-state index contributed by atoms with van der Waals surface area (Å²) in [5, 5.41) is 15.7. The van der Waals surface area contributed by atoms with Crippen LogP contribution in [-0.4, -0.2) is 50.0 Å². The largest absolute Gasteiger partial charge is 0.424 e. The van der Waals surface area contributed by atoms with Crippen LogP contribution in [0.5, 0.6) is 0 Å². The summed E-state index contributed by atoms with van der Waals surface area (Å²) < 4.78 is 11.6. The normalized spacial score (nSPS) is 22.9. The fourth-order valence-electron chi connectivity index (χ4n) is 2.78. The van der Waals surface area contributed by atoms with E-state index in [9.17, 15) is 0 Å². The summed E-state index contributed by atoms with van der Waals surface area (Å²) in [5.41, 5.74) is -0.0773. The van der Waals surface area contributed by atoms with E-state index in [4.69, 9.17) is 9.15 Å². The summed E-state index contributed by atoms with van der Waals surface area (Å²) in [6.45, 7) is 9.18. The van der Waals surface area contributed by atoms with Crippen molar-refractivity contribution < 1.29 is 9.15 Å². The third-order valence-corrected chi connectivity index (χ3v) is 4.40. The highest BCUT2D eigenvalue weighted by Gasteiger charge is 2.31. The Kier molecular flexibility index (Phi) is 3.88. The average Bonchev–Trinajstić information content (AvgIpc) is 3.08. The Hall–Kier alpha value is -1.80. The third kappa shape index (κ3) is 3.34. The van der Waals surface area contributed by atoms with Crippen LogP contribution in [0.2, 0.25) is 0 Å². The highest BCUT2D eigenvalue weighted by Crippen LogP contribution is 2.39. The molecule has 2 aliphatic rings. The van der Waals surface area contributed by atoms with Crippen LogP contribution < -0.4 is 0 Å². The molecule has 2 aromatic rings. The van der Waals surface area contributed by atoms with E-state index in [-0.39, 0.29) is 11.5 Å². The van der Waals surface area contributed by atoms with Crippen LogP contribution in [0.3, 0.4) is 0 Å². The van der Waals surface area contributed by atoms with Crippen LogP contribution in [0.25, 0.3) is 0 Å². The molecule has 0 unspecified atom stereocenters. The molecule has 0 aromatic carbocycles. The monoisotopic (exact) mass is 332 g/mol. The highest BCUT2D eigenvalue weighted by atomic mass is 16.5. The first kappa shape index (κ1) is 15.7. The van der Waals surface area contributed by atoms with Crippen molar-refractivity contribution in [2.75, 3.05) is 19.7 Å². The molecule has 8 heteroatoms. The first-order valence-electron chi connectivity index (χ1n) is 8.58. The van der Waals surface area contributed by atoms with Gasteiger partial charge in [-0.05, 0) is 12.8 Å². The molecule has 0 radical (unpaired) electrons. The minimum atomic E-state index is -0.104. The summed E-state index contributed by atoms with van der Waals surface area (Å²) in [4.78, 5) is 6.87. The van der Waals surface area contributed by atoms with E-state index in [0.29, 0.717) is 25.0 Å². The number of hydrogen-bond acceptors (Lipinski definition) is 7. The number of nitrogens with zero attached hydrogens (tertiary/aromatic N) is 5. The number of nitrogens with one attached hydrogen (secondary N) is 1. The van der Waals surface area contributed by atoms with Crippen molar-refractivity contribution >= 4 is 0 Å². The smallest absolute Gasteiger partial charge is 0.230 e. The maximum atomic E-state index is 5.87. The van der Waals surface area contributed by atoms with E-state index in [1.165, 1.54) is 12.8 Å². The summed E-state index contributed by atoms with van der Waals surface area (Å²) in [6, 6.07) is 0. The highest BCUT2D eigenvalue weighted by molar-refractivity contribution is 5.05. The van der Waals surface area contributed by atoms with Gasteiger partial charge in [0.2, 0.25) is 11.8 Å². The van der Waals surface area contributed by atoms with Crippen molar-refractivity contribution in [3.05, 3.63) is 23.4 Å². The van der Waals surface area contributed by atoms with Crippen LogP contribution in [0, 0.1) is 0 Å². The van der Waals surface area contributed by atoms with Crippen molar-refractivity contribution in [3.8, 4) is 0 Å². The van der Waals surface area contributed by atoms with Gasteiger partial charge in [-0.2, -0.15) is 5.10 Å². The first-order valence-corrected chi connectivity index (χ1v) is 8.58.